The highest BCUT2D eigenvalue weighted by Gasteiger charge is 2.20. The Morgan fingerprint density at radius 2 is 1.67 bits per heavy atom. The molecular weight excluding hydrogens is 383 g/mol. The molecule has 1 saturated heterocycles. The van der Waals surface area contributed by atoms with Crippen molar-refractivity contribution in [1.82, 2.24) is 9.80 Å². The van der Waals surface area contributed by atoms with Gasteiger partial charge < -0.3 is 9.84 Å². The summed E-state index contributed by atoms with van der Waals surface area (Å²) in [5, 5.41) is 11.8. The molecule has 0 spiro atoms. The molecule has 4 nitrogen and oxygen atoms in total. The van der Waals surface area contributed by atoms with Crippen LogP contribution in [-0.4, -0.2) is 60.8 Å². The second-order valence-electron chi connectivity index (χ2n) is 7.02. The molecule has 0 radical (unpaired) electrons. The lowest BCUT2D eigenvalue weighted by Gasteiger charge is -2.35. The number of methoxy groups -OCH3 is 1. The van der Waals surface area contributed by atoms with Gasteiger partial charge in [0.15, 0.2) is 0 Å². The summed E-state index contributed by atoms with van der Waals surface area (Å²) >= 11 is 12.2. The minimum Gasteiger partial charge on any atom is -0.497 e. The van der Waals surface area contributed by atoms with Crippen LogP contribution in [0.1, 0.15) is 11.1 Å². The molecule has 0 aliphatic carbocycles. The lowest BCUT2D eigenvalue weighted by atomic mass is 10.1. The van der Waals surface area contributed by atoms with Gasteiger partial charge in [0.05, 0.1) is 13.2 Å². The van der Waals surface area contributed by atoms with E-state index in [1.165, 1.54) is 0 Å². The quantitative estimate of drug-likeness (QED) is 0.756. The van der Waals surface area contributed by atoms with Crippen LogP contribution in [0, 0.1) is 0 Å². The zero-order valence-corrected chi connectivity index (χ0v) is 17.1. The Labute approximate surface area is 171 Å². The maximum atomic E-state index is 10.4. The van der Waals surface area contributed by atoms with Gasteiger partial charge in [-0.25, -0.2) is 0 Å². The molecule has 2 aromatic rings. The molecule has 1 unspecified atom stereocenters. The van der Waals surface area contributed by atoms with E-state index >= 15 is 0 Å². The zero-order valence-electron chi connectivity index (χ0n) is 15.6. The number of β-amino-alcohol motifs (C(OH)–C–C–N with tert-alkyl or cyclic N) is 1. The first-order valence-electron chi connectivity index (χ1n) is 9.23. The van der Waals surface area contributed by atoms with Gasteiger partial charge in [0.25, 0.3) is 0 Å². The summed E-state index contributed by atoms with van der Waals surface area (Å²) in [5.41, 5.74) is 2.23. The Bertz CT molecular complexity index is 731. The normalized spacial score (nSPS) is 17.0. The Morgan fingerprint density at radius 1 is 1.00 bits per heavy atom. The molecule has 0 bridgehead atoms. The number of hydrogen-bond donors (Lipinski definition) is 1. The van der Waals surface area contributed by atoms with Gasteiger partial charge in [-0.1, -0.05) is 41.4 Å². The number of halogens is 2. The highest BCUT2D eigenvalue weighted by Crippen LogP contribution is 2.22. The molecular formula is C21H26Cl2N2O2. The van der Waals surface area contributed by atoms with Gasteiger partial charge in [0.2, 0.25) is 0 Å². The average molecular weight is 409 g/mol. The average Bonchev–Trinajstić information content (AvgIpc) is 2.66. The lowest BCUT2D eigenvalue weighted by Crippen LogP contribution is -2.48. The molecule has 1 heterocycles. The van der Waals surface area contributed by atoms with E-state index in [1.54, 1.807) is 13.2 Å². The van der Waals surface area contributed by atoms with Crippen LogP contribution in [0.15, 0.2) is 42.5 Å². The highest BCUT2D eigenvalue weighted by atomic mass is 35.5. The Hall–Kier alpha value is -1.30. The first kappa shape index (κ1) is 20.4. The molecule has 0 saturated carbocycles. The number of piperazine rings is 1. The second kappa shape index (κ2) is 9.76. The van der Waals surface area contributed by atoms with E-state index in [2.05, 4.69) is 9.80 Å². The van der Waals surface area contributed by atoms with Gasteiger partial charge in [-0.2, -0.15) is 0 Å². The molecule has 1 fully saturated rings. The van der Waals surface area contributed by atoms with Gasteiger partial charge in [-0.15, -0.1) is 0 Å². The molecule has 0 amide bonds. The molecule has 146 valence electrons. The number of aliphatic hydroxyl groups is 1. The van der Waals surface area contributed by atoms with Crippen molar-refractivity contribution in [3.8, 4) is 5.75 Å². The van der Waals surface area contributed by atoms with Crippen molar-refractivity contribution in [2.24, 2.45) is 0 Å². The monoisotopic (exact) mass is 408 g/mol. The van der Waals surface area contributed by atoms with Gasteiger partial charge >= 0.3 is 0 Å². The molecule has 27 heavy (non-hydrogen) atoms. The summed E-state index contributed by atoms with van der Waals surface area (Å²) in [6.07, 6.45) is 0.292. The van der Waals surface area contributed by atoms with E-state index in [1.807, 2.05) is 36.4 Å². The fourth-order valence-electron chi connectivity index (χ4n) is 3.42. The first-order chi connectivity index (χ1) is 13.0. The van der Waals surface area contributed by atoms with Crippen LogP contribution in [-0.2, 0) is 13.0 Å². The van der Waals surface area contributed by atoms with E-state index in [0.29, 0.717) is 18.0 Å². The van der Waals surface area contributed by atoms with Gasteiger partial charge in [-0.05, 0) is 41.8 Å². The van der Waals surface area contributed by atoms with Crippen molar-refractivity contribution < 1.29 is 9.84 Å². The second-order valence-corrected chi connectivity index (χ2v) is 7.86. The van der Waals surface area contributed by atoms with E-state index in [-0.39, 0.29) is 6.10 Å². The number of ether oxygens (including phenoxy) is 1. The van der Waals surface area contributed by atoms with E-state index < -0.39 is 0 Å². The van der Waals surface area contributed by atoms with Crippen molar-refractivity contribution in [3.63, 3.8) is 0 Å². The number of hydrogen-bond acceptors (Lipinski definition) is 4. The maximum absolute atomic E-state index is 10.4. The number of nitrogens with zero attached hydrogens (tertiary/aromatic N) is 2. The zero-order chi connectivity index (χ0) is 19.2. The SMILES string of the molecule is COc1ccc(CC(O)CN2CCN(Cc3ccc(Cl)cc3Cl)CC2)cc1. The fourth-order valence-corrected chi connectivity index (χ4v) is 3.89. The predicted molar refractivity (Wildman–Crippen MR) is 111 cm³/mol. The van der Waals surface area contributed by atoms with Crippen LogP contribution < -0.4 is 4.74 Å². The van der Waals surface area contributed by atoms with Gasteiger partial charge in [-0.3, -0.25) is 9.80 Å². The fraction of sp³-hybridized carbons (Fsp3) is 0.429. The van der Waals surface area contributed by atoms with Crippen LogP contribution >= 0.6 is 23.2 Å². The van der Waals surface area contributed by atoms with E-state index in [0.717, 1.165) is 54.6 Å². The molecule has 0 aromatic heterocycles. The summed E-state index contributed by atoms with van der Waals surface area (Å²) in [7, 11) is 1.66. The first-order valence-corrected chi connectivity index (χ1v) is 9.98. The van der Waals surface area contributed by atoms with Crippen molar-refractivity contribution in [3.05, 3.63) is 63.6 Å². The molecule has 2 aromatic carbocycles. The topological polar surface area (TPSA) is 35.9 Å². The van der Waals surface area contributed by atoms with Crippen LogP contribution in [0.4, 0.5) is 0 Å². The minimum atomic E-state index is -0.365. The van der Waals surface area contributed by atoms with Crippen LogP contribution in [0.5, 0.6) is 5.75 Å². The summed E-state index contributed by atoms with van der Waals surface area (Å²) in [6.45, 7) is 5.36. The number of benzene rings is 2. The summed E-state index contributed by atoms with van der Waals surface area (Å²) in [4.78, 5) is 4.72. The van der Waals surface area contributed by atoms with Crippen molar-refractivity contribution in [2.45, 2.75) is 19.1 Å². The molecule has 3 rings (SSSR count). The largest absolute Gasteiger partial charge is 0.497 e. The molecule has 1 aliphatic rings. The third-order valence-electron chi connectivity index (χ3n) is 4.97. The number of rotatable bonds is 7. The highest BCUT2D eigenvalue weighted by molar-refractivity contribution is 6.35. The smallest absolute Gasteiger partial charge is 0.118 e. The molecule has 1 atom stereocenters. The Kier molecular flexibility index (Phi) is 7.39. The lowest BCUT2D eigenvalue weighted by molar-refractivity contribution is 0.0705. The maximum Gasteiger partial charge on any atom is 0.118 e. The Balaban J connectivity index is 1.43. The third kappa shape index (κ3) is 6.09. The van der Waals surface area contributed by atoms with Crippen molar-refractivity contribution >= 4 is 23.2 Å². The van der Waals surface area contributed by atoms with Crippen LogP contribution in [0.3, 0.4) is 0 Å². The summed E-state index contributed by atoms with van der Waals surface area (Å²) in [5.74, 6) is 0.838. The molecule has 6 heteroatoms. The van der Waals surface area contributed by atoms with E-state index in [4.69, 9.17) is 27.9 Å². The van der Waals surface area contributed by atoms with Crippen molar-refractivity contribution in [1.29, 1.82) is 0 Å². The third-order valence-corrected chi connectivity index (χ3v) is 5.56. The van der Waals surface area contributed by atoms with Crippen LogP contribution in [0.2, 0.25) is 10.0 Å². The Morgan fingerprint density at radius 3 is 2.30 bits per heavy atom. The van der Waals surface area contributed by atoms with Gasteiger partial charge in [0, 0.05) is 49.3 Å². The van der Waals surface area contributed by atoms with Crippen LogP contribution in [0.25, 0.3) is 0 Å². The minimum absolute atomic E-state index is 0.365. The number of aliphatic hydroxyl groups excluding tert-OH is 1. The summed E-state index contributed by atoms with van der Waals surface area (Å²) < 4.78 is 5.17. The molecule has 1 aliphatic heterocycles. The standard InChI is InChI=1S/C21H26Cl2N2O2/c1-27-20-6-2-16(3-7-20)12-19(26)15-25-10-8-24(9-11-25)14-17-4-5-18(22)13-21(17)23/h2-7,13,19,26H,8-12,14-15H2,1H3. The van der Waals surface area contributed by atoms with Crippen molar-refractivity contribution in [2.75, 3.05) is 39.8 Å². The predicted octanol–water partition coefficient (Wildman–Crippen LogP) is 3.72. The van der Waals surface area contributed by atoms with E-state index in [9.17, 15) is 5.11 Å². The summed E-state index contributed by atoms with van der Waals surface area (Å²) in [6, 6.07) is 13.6. The molecule has 1 N–H and O–H groups in total. The van der Waals surface area contributed by atoms with Gasteiger partial charge in [0.1, 0.15) is 5.75 Å².